The number of halogens is 3. The molecule has 0 spiro atoms. The van der Waals surface area contributed by atoms with Crippen LogP contribution < -0.4 is 21.2 Å². The Hall–Kier alpha value is -4.02. The number of hydrazine groups is 1. The molecule has 1 aliphatic rings. The number of aliphatic carboxylic acids is 1. The zero-order valence-electron chi connectivity index (χ0n) is 24.3. The Labute approximate surface area is 256 Å². The van der Waals surface area contributed by atoms with Gasteiger partial charge in [-0.3, -0.25) is 29.5 Å². The lowest BCUT2D eigenvalue weighted by atomic mass is 10.1. The van der Waals surface area contributed by atoms with Gasteiger partial charge < -0.3 is 25.8 Å². The van der Waals surface area contributed by atoms with Gasteiger partial charge in [-0.15, -0.1) is 0 Å². The topological polar surface area (TPSA) is 214 Å². The highest BCUT2D eigenvalue weighted by Gasteiger charge is 2.38. The van der Waals surface area contributed by atoms with Crippen molar-refractivity contribution in [3.63, 3.8) is 0 Å². The van der Waals surface area contributed by atoms with E-state index in [0.717, 1.165) is 25.9 Å². The lowest BCUT2D eigenvalue weighted by Gasteiger charge is -2.16. The number of amidine groups is 1. The monoisotopic (exact) mass is 661 g/mol. The minimum atomic E-state index is -5.08. The van der Waals surface area contributed by atoms with Crippen molar-refractivity contribution < 1.29 is 55.9 Å². The number of nitrogens with one attached hydrogen (secondary N) is 3. The van der Waals surface area contributed by atoms with Crippen LogP contribution in [0.4, 0.5) is 13.2 Å². The standard InChI is InChI=1S/C25H34N5O7P.C2HF3O2/c1-2-36-38(33,34)37-15-11-18-5-10-21(23(26)27)17-22(18)35-16-12-28-24(31)19-6-8-20(9-7-19)25(32)29-30-13-3-4-14-30;3-2(4,5)1(6)7/h5-10,17H,2-4,11-16H2,1H3,(H3,26,27)(H,28,31)(H,29,32)(H,33,34);(H,6,7). The summed E-state index contributed by atoms with van der Waals surface area (Å²) in [6.07, 6.45) is -2.72. The molecule has 1 atom stereocenters. The number of hydrogen-bond acceptors (Lipinski definition) is 9. The molecule has 2 amide bonds. The maximum atomic E-state index is 12.5. The number of alkyl halides is 3. The SMILES string of the molecule is CCOP(=O)(O)OCCc1ccc(C(=N)N)cc1OCCNC(=O)c1ccc(C(=O)NN2CCCC2)cc1.O=C(O)C(F)(F)F. The van der Waals surface area contributed by atoms with Gasteiger partial charge in [0.25, 0.3) is 11.8 Å². The van der Waals surface area contributed by atoms with E-state index in [9.17, 15) is 32.2 Å². The third-order valence-corrected chi connectivity index (χ3v) is 7.05. The van der Waals surface area contributed by atoms with Crippen LogP contribution in [0.3, 0.4) is 0 Å². The second-order valence-corrected chi connectivity index (χ2v) is 10.8. The summed E-state index contributed by atoms with van der Waals surface area (Å²) in [5, 5.41) is 19.4. The number of phosphoric acid groups is 1. The molecule has 0 radical (unpaired) electrons. The fourth-order valence-electron chi connectivity index (χ4n) is 3.77. The quantitative estimate of drug-likeness (QED) is 0.0750. The molecular weight excluding hydrogens is 626 g/mol. The third-order valence-electron chi connectivity index (χ3n) is 5.96. The largest absolute Gasteiger partial charge is 0.491 e. The average Bonchev–Trinajstić information content (AvgIpc) is 3.48. The molecule has 1 fully saturated rings. The van der Waals surface area contributed by atoms with E-state index in [2.05, 4.69) is 15.3 Å². The van der Waals surface area contributed by atoms with Gasteiger partial charge >= 0.3 is 20.0 Å². The Kier molecular flexibility index (Phi) is 14.4. The van der Waals surface area contributed by atoms with Crippen molar-refractivity contribution in [3.05, 3.63) is 64.7 Å². The van der Waals surface area contributed by atoms with Gasteiger partial charge in [-0.25, -0.2) is 14.4 Å². The number of hydrogen-bond donors (Lipinski definition) is 6. The number of benzene rings is 2. The normalized spacial score (nSPS) is 14.4. The van der Waals surface area contributed by atoms with Gasteiger partial charge in [0.05, 0.1) is 19.8 Å². The van der Waals surface area contributed by atoms with Crippen molar-refractivity contribution in [2.24, 2.45) is 5.73 Å². The number of ether oxygens (including phenoxy) is 1. The van der Waals surface area contributed by atoms with E-state index in [0.29, 0.717) is 28.0 Å². The van der Waals surface area contributed by atoms with Gasteiger partial charge in [0.1, 0.15) is 18.2 Å². The van der Waals surface area contributed by atoms with Crippen LogP contribution in [-0.4, -0.2) is 84.3 Å². The number of amides is 2. The van der Waals surface area contributed by atoms with Gasteiger partial charge in [0.2, 0.25) is 0 Å². The van der Waals surface area contributed by atoms with Crippen molar-refractivity contribution in [2.45, 2.75) is 32.4 Å². The lowest BCUT2D eigenvalue weighted by molar-refractivity contribution is -0.192. The second-order valence-electron chi connectivity index (χ2n) is 9.33. The molecule has 14 nitrogen and oxygen atoms in total. The van der Waals surface area contributed by atoms with Crippen LogP contribution in [0.5, 0.6) is 5.75 Å². The molecule has 45 heavy (non-hydrogen) atoms. The molecule has 0 saturated carbocycles. The first-order valence-corrected chi connectivity index (χ1v) is 15.1. The summed E-state index contributed by atoms with van der Waals surface area (Å²) in [4.78, 5) is 43.3. The Bertz CT molecular complexity index is 1370. The Balaban J connectivity index is 0.000000900. The predicted molar refractivity (Wildman–Crippen MR) is 155 cm³/mol. The summed E-state index contributed by atoms with van der Waals surface area (Å²) in [6.45, 7) is 3.51. The van der Waals surface area contributed by atoms with Gasteiger partial charge in [-0.1, -0.05) is 12.1 Å². The first-order valence-electron chi connectivity index (χ1n) is 13.6. The van der Waals surface area contributed by atoms with Crippen LogP contribution >= 0.6 is 7.82 Å². The van der Waals surface area contributed by atoms with Crippen LogP contribution in [0.15, 0.2) is 42.5 Å². The third kappa shape index (κ3) is 13.2. The van der Waals surface area contributed by atoms with Gasteiger partial charge in [0.15, 0.2) is 0 Å². The second kappa shape index (κ2) is 17.5. The molecular formula is C27H35F3N5O9P. The Morgan fingerprint density at radius 3 is 2.09 bits per heavy atom. The predicted octanol–water partition coefficient (Wildman–Crippen LogP) is 2.85. The number of carbonyl (C=O) groups is 3. The van der Waals surface area contributed by atoms with Crippen molar-refractivity contribution >= 4 is 31.4 Å². The van der Waals surface area contributed by atoms with Gasteiger partial charge in [0, 0.05) is 36.2 Å². The lowest BCUT2D eigenvalue weighted by Crippen LogP contribution is -2.40. The van der Waals surface area contributed by atoms with Crippen molar-refractivity contribution in [3.8, 4) is 5.75 Å². The van der Waals surface area contributed by atoms with Crippen LogP contribution in [-0.2, 0) is 24.8 Å². The summed E-state index contributed by atoms with van der Waals surface area (Å²) in [7, 11) is -4.12. The van der Waals surface area contributed by atoms with E-state index in [1.807, 2.05) is 5.01 Å². The summed E-state index contributed by atoms with van der Waals surface area (Å²) in [5.41, 5.74) is 10.4. The molecule has 0 aromatic heterocycles. The molecule has 0 aliphatic carbocycles. The van der Waals surface area contributed by atoms with Gasteiger partial charge in [-0.2, -0.15) is 13.2 Å². The molecule has 18 heteroatoms. The van der Waals surface area contributed by atoms with Crippen LogP contribution in [0.1, 0.15) is 51.6 Å². The smallest absolute Gasteiger partial charge is 0.490 e. The van der Waals surface area contributed by atoms with Crippen molar-refractivity contribution in [1.82, 2.24) is 15.8 Å². The molecule has 1 heterocycles. The molecule has 248 valence electrons. The zero-order chi connectivity index (χ0) is 33.6. The average molecular weight is 662 g/mol. The van der Waals surface area contributed by atoms with Crippen LogP contribution in [0.2, 0.25) is 0 Å². The summed E-state index contributed by atoms with van der Waals surface area (Å²) in [6, 6.07) is 11.3. The molecule has 7 N–H and O–H groups in total. The minimum absolute atomic E-state index is 0.0411. The molecule has 1 aliphatic heterocycles. The van der Waals surface area contributed by atoms with Crippen molar-refractivity contribution in [2.75, 3.05) is 39.5 Å². The minimum Gasteiger partial charge on any atom is -0.491 e. The highest BCUT2D eigenvalue weighted by molar-refractivity contribution is 7.47. The number of carboxylic acids is 1. The summed E-state index contributed by atoms with van der Waals surface area (Å²) < 4.78 is 58.9. The highest BCUT2D eigenvalue weighted by atomic mass is 31.2. The number of nitrogen functional groups attached to an aromatic ring is 1. The number of nitrogens with zero attached hydrogens (tertiary/aromatic N) is 1. The molecule has 0 bridgehead atoms. The molecule has 1 saturated heterocycles. The number of carboxylic acid groups (broad SMARTS) is 1. The summed E-state index contributed by atoms with van der Waals surface area (Å²) in [5.74, 6) is -3.01. The Morgan fingerprint density at radius 1 is 1.00 bits per heavy atom. The number of phosphoric ester groups is 1. The van der Waals surface area contributed by atoms with E-state index >= 15 is 0 Å². The van der Waals surface area contributed by atoms with Crippen molar-refractivity contribution in [1.29, 1.82) is 5.41 Å². The Morgan fingerprint density at radius 2 is 1.56 bits per heavy atom. The van der Waals surface area contributed by atoms with E-state index in [4.69, 9.17) is 30.3 Å². The zero-order valence-corrected chi connectivity index (χ0v) is 25.2. The number of carbonyl (C=O) groups excluding carboxylic acids is 2. The van der Waals surface area contributed by atoms with Crippen LogP contribution in [0, 0.1) is 5.41 Å². The van der Waals surface area contributed by atoms with Gasteiger partial charge in [-0.05, 0) is 55.7 Å². The van der Waals surface area contributed by atoms with Crippen LogP contribution in [0.25, 0.3) is 0 Å². The fourth-order valence-corrected chi connectivity index (χ4v) is 4.49. The maximum absolute atomic E-state index is 12.5. The van der Waals surface area contributed by atoms with E-state index in [1.54, 1.807) is 49.4 Å². The first-order chi connectivity index (χ1) is 21.1. The highest BCUT2D eigenvalue weighted by Crippen LogP contribution is 2.43. The molecule has 2 aromatic carbocycles. The first kappa shape index (κ1) is 37.2. The molecule has 3 rings (SSSR count). The summed E-state index contributed by atoms with van der Waals surface area (Å²) >= 11 is 0. The number of nitrogens with two attached hydrogens (primary N) is 1. The molecule has 1 unspecified atom stereocenters. The van der Waals surface area contributed by atoms with E-state index in [-0.39, 0.29) is 50.4 Å². The van der Waals surface area contributed by atoms with E-state index in [1.165, 1.54) is 0 Å². The fraction of sp³-hybridized carbons (Fsp3) is 0.407. The van der Waals surface area contributed by atoms with E-state index < -0.39 is 20.0 Å². The number of rotatable bonds is 14. The maximum Gasteiger partial charge on any atom is 0.490 e. The molecule has 2 aromatic rings.